The van der Waals surface area contributed by atoms with E-state index in [1.807, 2.05) is 0 Å². The second kappa shape index (κ2) is 5.97. The van der Waals surface area contributed by atoms with Gasteiger partial charge in [0.2, 0.25) is 0 Å². The quantitative estimate of drug-likeness (QED) is 0.919. The van der Waals surface area contributed by atoms with Gasteiger partial charge in [0.25, 0.3) is 0 Å². The minimum Gasteiger partial charge on any atom is -0.497 e. The number of halogens is 4. The van der Waals surface area contributed by atoms with E-state index >= 15 is 0 Å². The Labute approximate surface area is 103 Å². The predicted molar refractivity (Wildman–Crippen MR) is 59.8 cm³/mol. The Kier molecular flexibility index (Phi) is 5.57. The zero-order valence-corrected chi connectivity index (χ0v) is 10.1. The number of ether oxygens (including phenoxy) is 2. The SMILES string of the molecule is COc1cc(OC)cc(C(N)C(F)(F)F)c1.Cl. The van der Waals surface area contributed by atoms with Crippen LogP contribution in [0.5, 0.6) is 11.5 Å². The summed E-state index contributed by atoms with van der Waals surface area (Å²) in [7, 11) is 2.72. The molecule has 1 rings (SSSR count). The van der Waals surface area contributed by atoms with Crippen LogP contribution in [-0.4, -0.2) is 20.4 Å². The van der Waals surface area contributed by atoms with Gasteiger partial charge in [0.1, 0.15) is 17.5 Å². The minimum atomic E-state index is -4.49. The first-order valence-corrected chi connectivity index (χ1v) is 4.43. The molecule has 17 heavy (non-hydrogen) atoms. The zero-order valence-electron chi connectivity index (χ0n) is 9.25. The number of hydrogen-bond acceptors (Lipinski definition) is 3. The van der Waals surface area contributed by atoms with Crippen LogP contribution in [0.1, 0.15) is 11.6 Å². The summed E-state index contributed by atoms with van der Waals surface area (Å²) in [6.07, 6.45) is -4.49. The molecule has 0 heterocycles. The monoisotopic (exact) mass is 271 g/mol. The summed E-state index contributed by atoms with van der Waals surface area (Å²) in [4.78, 5) is 0. The summed E-state index contributed by atoms with van der Waals surface area (Å²) in [5.41, 5.74) is 4.99. The molecule has 0 fully saturated rings. The van der Waals surface area contributed by atoms with Crippen LogP contribution in [0.25, 0.3) is 0 Å². The summed E-state index contributed by atoms with van der Waals surface area (Å²) in [6.45, 7) is 0. The minimum absolute atomic E-state index is 0. The van der Waals surface area contributed by atoms with Gasteiger partial charge in [-0.25, -0.2) is 0 Å². The highest BCUT2D eigenvalue weighted by Gasteiger charge is 2.38. The van der Waals surface area contributed by atoms with Crippen molar-refractivity contribution in [3.05, 3.63) is 23.8 Å². The van der Waals surface area contributed by atoms with Crippen molar-refractivity contribution in [2.75, 3.05) is 14.2 Å². The first-order chi connectivity index (χ1) is 7.38. The molecule has 0 aliphatic carbocycles. The maximum Gasteiger partial charge on any atom is 0.407 e. The normalized spacial score (nSPS) is 12.6. The first-order valence-electron chi connectivity index (χ1n) is 4.43. The van der Waals surface area contributed by atoms with Gasteiger partial charge in [-0.2, -0.15) is 13.2 Å². The van der Waals surface area contributed by atoms with E-state index in [2.05, 4.69) is 0 Å². The molecule has 1 aromatic carbocycles. The fourth-order valence-electron chi connectivity index (χ4n) is 1.20. The van der Waals surface area contributed by atoms with Crippen molar-refractivity contribution >= 4 is 12.4 Å². The maximum atomic E-state index is 12.4. The average molecular weight is 272 g/mol. The number of hydrogen-bond donors (Lipinski definition) is 1. The van der Waals surface area contributed by atoms with Gasteiger partial charge < -0.3 is 15.2 Å². The standard InChI is InChI=1S/C10H12F3NO2.ClH/c1-15-7-3-6(4-8(5-7)16-2)9(14)10(11,12)13;/h3-5,9H,14H2,1-2H3;1H. The van der Waals surface area contributed by atoms with E-state index in [4.69, 9.17) is 15.2 Å². The van der Waals surface area contributed by atoms with E-state index in [-0.39, 0.29) is 29.5 Å². The Morgan fingerprint density at radius 1 is 1.06 bits per heavy atom. The highest BCUT2D eigenvalue weighted by molar-refractivity contribution is 5.85. The predicted octanol–water partition coefficient (Wildman–Crippen LogP) is 2.69. The molecule has 0 saturated heterocycles. The summed E-state index contributed by atoms with van der Waals surface area (Å²) in [5.74, 6) is 0.545. The van der Waals surface area contributed by atoms with Gasteiger partial charge in [0, 0.05) is 6.07 Å². The average Bonchev–Trinajstić information content (AvgIpc) is 2.26. The molecule has 2 N–H and O–H groups in total. The van der Waals surface area contributed by atoms with Crippen LogP contribution in [0.3, 0.4) is 0 Å². The molecule has 0 aliphatic heterocycles. The third-order valence-corrected chi connectivity index (χ3v) is 2.09. The highest BCUT2D eigenvalue weighted by atomic mass is 35.5. The van der Waals surface area contributed by atoms with Crippen LogP contribution in [0.2, 0.25) is 0 Å². The third kappa shape index (κ3) is 3.98. The van der Waals surface area contributed by atoms with Crippen LogP contribution in [0, 0.1) is 0 Å². The lowest BCUT2D eigenvalue weighted by atomic mass is 10.1. The van der Waals surface area contributed by atoms with Gasteiger partial charge >= 0.3 is 6.18 Å². The van der Waals surface area contributed by atoms with Crippen LogP contribution >= 0.6 is 12.4 Å². The molecule has 1 atom stereocenters. The van der Waals surface area contributed by atoms with E-state index in [0.717, 1.165) is 0 Å². The molecule has 98 valence electrons. The molecule has 0 radical (unpaired) electrons. The van der Waals surface area contributed by atoms with Gasteiger partial charge in [0.15, 0.2) is 0 Å². The Morgan fingerprint density at radius 2 is 1.47 bits per heavy atom. The van der Waals surface area contributed by atoms with Crippen LogP contribution < -0.4 is 15.2 Å². The summed E-state index contributed by atoms with van der Waals surface area (Å²) < 4.78 is 46.9. The number of nitrogens with two attached hydrogens (primary N) is 1. The number of methoxy groups -OCH3 is 2. The molecular formula is C10H13ClF3NO2. The molecule has 0 aromatic heterocycles. The lowest BCUT2D eigenvalue weighted by molar-refractivity contribution is -0.149. The molecule has 7 heteroatoms. The largest absolute Gasteiger partial charge is 0.497 e. The molecule has 0 spiro atoms. The van der Waals surface area contributed by atoms with Crippen molar-refractivity contribution < 1.29 is 22.6 Å². The van der Waals surface area contributed by atoms with Crippen LogP contribution in [-0.2, 0) is 0 Å². The first kappa shape index (κ1) is 15.9. The smallest absolute Gasteiger partial charge is 0.407 e. The lowest BCUT2D eigenvalue weighted by Gasteiger charge is -2.17. The van der Waals surface area contributed by atoms with Crippen molar-refractivity contribution in [3.63, 3.8) is 0 Å². The lowest BCUT2D eigenvalue weighted by Crippen LogP contribution is -2.28. The maximum absolute atomic E-state index is 12.4. The highest BCUT2D eigenvalue weighted by Crippen LogP contribution is 2.34. The molecular weight excluding hydrogens is 259 g/mol. The van der Waals surface area contributed by atoms with Crippen LogP contribution in [0.15, 0.2) is 18.2 Å². The molecule has 1 unspecified atom stereocenters. The Balaban J connectivity index is 0.00000256. The van der Waals surface area contributed by atoms with Gasteiger partial charge in [-0.05, 0) is 17.7 Å². The van der Waals surface area contributed by atoms with Crippen molar-refractivity contribution in [1.29, 1.82) is 0 Å². The molecule has 1 aromatic rings. The van der Waals surface area contributed by atoms with E-state index in [1.165, 1.54) is 32.4 Å². The Hall–Kier alpha value is -1.14. The fraction of sp³-hybridized carbons (Fsp3) is 0.400. The molecule has 3 nitrogen and oxygen atoms in total. The second-order valence-electron chi connectivity index (χ2n) is 3.17. The molecule has 0 amide bonds. The van der Waals surface area contributed by atoms with Gasteiger partial charge in [-0.1, -0.05) is 0 Å². The van der Waals surface area contributed by atoms with Crippen molar-refractivity contribution in [2.24, 2.45) is 5.73 Å². The third-order valence-electron chi connectivity index (χ3n) is 2.09. The zero-order chi connectivity index (χ0) is 12.3. The van der Waals surface area contributed by atoms with E-state index in [9.17, 15) is 13.2 Å². The van der Waals surface area contributed by atoms with Gasteiger partial charge in [0.05, 0.1) is 14.2 Å². The van der Waals surface area contributed by atoms with Crippen molar-refractivity contribution in [2.45, 2.75) is 12.2 Å². The summed E-state index contributed by atoms with van der Waals surface area (Å²) in [6, 6.07) is 1.91. The van der Waals surface area contributed by atoms with Crippen molar-refractivity contribution in [3.8, 4) is 11.5 Å². The van der Waals surface area contributed by atoms with Crippen LogP contribution in [0.4, 0.5) is 13.2 Å². The Morgan fingerprint density at radius 3 is 1.76 bits per heavy atom. The molecule has 0 aliphatic rings. The number of alkyl halides is 3. The van der Waals surface area contributed by atoms with Gasteiger partial charge in [-0.3, -0.25) is 0 Å². The molecule has 0 saturated carbocycles. The summed E-state index contributed by atoms with van der Waals surface area (Å²) >= 11 is 0. The van der Waals surface area contributed by atoms with E-state index in [0.29, 0.717) is 0 Å². The number of benzene rings is 1. The topological polar surface area (TPSA) is 44.5 Å². The number of rotatable bonds is 3. The molecule has 0 bridgehead atoms. The summed E-state index contributed by atoms with van der Waals surface area (Å²) in [5, 5.41) is 0. The van der Waals surface area contributed by atoms with E-state index in [1.54, 1.807) is 0 Å². The van der Waals surface area contributed by atoms with E-state index < -0.39 is 12.2 Å². The fourth-order valence-corrected chi connectivity index (χ4v) is 1.20. The Bertz CT molecular complexity index is 349. The van der Waals surface area contributed by atoms with Crippen molar-refractivity contribution in [1.82, 2.24) is 0 Å². The second-order valence-corrected chi connectivity index (χ2v) is 3.17. The van der Waals surface area contributed by atoms with Gasteiger partial charge in [-0.15, -0.1) is 12.4 Å².